The maximum Gasteiger partial charge on any atom is 0.167 e. The molecule has 8 nitrogen and oxygen atoms in total. The first kappa shape index (κ1) is 17.1. The van der Waals surface area contributed by atoms with Crippen molar-refractivity contribution in [2.45, 2.75) is 6.23 Å². The van der Waals surface area contributed by atoms with Gasteiger partial charge in [-0.25, -0.2) is 9.37 Å². The average molecular weight is 368 g/mol. The van der Waals surface area contributed by atoms with E-state index < -0.39 is 12.0 Å². The largest absolute Gasteiger partial charge is 0.496 e. The first-order valence-corrected chi connectivity index (χ1v) is 8.19. The van der Waals surface area contributed by atoms with Crippen molar-refractivity contribution in [3.8, 4) is 22.8 Å². The summed E-state index contributed by atoms with van der Waals surface area (Å²) in [7, 11) is 3.12. The lowest BCUT2D eigenvalue weighted by atomic mass is 10.1. The third-order valence-electron chi connectivity index (χ3n) is 4.28. The third-order valence-corrected chi connectivity index (χ3v) is 4.28. The molecule has 4 aromatic rings. The number of halogens is 1. The molecule has 138 valence electrons. The Morgan fingerprint density at radius 1 is 1.33 bits per heavy atom. The lowest BCUT2D eigenvalue weighted by Crippen LogP contribution is -2.15. The third kappa shape index (κ3) is 2.92. The number of aliphatic hydroxyl groups is 1. The maximum absolute atomic E-state index is 14.4. The monoisotopic (exact) mass is 368 g/mol. The van der Waals surface area contributed by atoms with Crippen LogP contribution in [0.15, 0.2) is 43.0 Å². The molecule has 0 fully saturated rings. The van der Waals surface area contributed by atoms with Gasteiger partial charge in [-0.3, -0.25) is 20.0 Å². The lowest BCUT2D eigenvalue weighted by molar-refractivity contribution is 0.145. The molecule has 0 aliphatic heterocycles. The number of aliphatic hydroxyl groups excluding tert-OH is 1. The van der Waals surface area contributed by atoms with Crippen molar-refractivity contribution >= 4 is 10.9 Å². The minimum Gasteiger partial charge on any atom is -0.496 e. The van der Waals surface area contributed by atoms with Crippen LogP contribution in [0, 0.1) is 5.82 Å². The normalized spacial score (nSPS) is 12.4. The molecule has 1 aromatic carbocycles. The van der Waals surface area contributed by atoms with E-state index >= 15 is 0 Å². The van der Waals surface area contributed by atoms with Gasteiger partial charge in [-0.2, -0.15) is 5.10 Å². The number of aromatic nitrogens is 5. The van der Waals surface area contributed by atoms with Gasteiger partial charge in [0.15, 0.2) is 5.82 Å². The molecule has 0 spiro atoms. The molecular weight excluding hydrogens is 351 g/mol. The Morgan fingerprint density at radius 2 is 2.19 bits per heavy atom. The van der Waals surface area contributed by atoms with E-state index in [4.69, 9.17) is 4.74 Å². The van der Waals surface area contributed by atoms with Crippen LogP contribution < -0.4 is 10.1 Å². The number of benzene rings is 1. The standard InChI is InChI=1S/C18H17FN6O2/c1-20-18(26)14-8-25(9-22-14)17-10-6-12(21-7-13(10)23-24-17)16-11(19)4-3-5-15(16)27-2/h3-9,18,20,26H,1-2H3,(H,23,24). The number of hydrogen-bond acceptors (Lipinski definition) is 6. The van der Waals surface area contributed by atoms with E-state index in [1.54, 1.807) is 48.5 Å². The van der Waals surface area contributed by atoms with Crippen molar-refractivity contribution in [3.63, 3.8) is 0 Å². The van der Waals surface area contributed by atoms with Gasteiger partial charge in [-0.05, 0) is 25.2 Å². The molecule has 3 N–H and O–H groups in total. The van der Waals surface area contributed by atoms with Gasteiger partial charge in [-0.1, -0.05) is 6.07 Å². The fourth-order valence-corrected chi connectivity index (χ4v) is 2.90. The van der Waals surface area contributed by atoms with Gasteiger partial charge in [0.2, 0.25) is 0 Å². The quantitative estimate of drug-likeness (QED) is 0.467. The molecule has 3 aromatic heterocycles. The van der Waals surface area contributed by atoms with Crippen molar-refractivity contribution in [1.29, 1.82) is 0 Å². The van der Waals surface area contributed by atoms with Crippen LogP contribution in [0.3, 0.4) is 0 Å². The van der Waals surface area contributed by atoms with Crippen LogP contribution in [-0.4, -0.2) is 44.0 Å². The van der Waals surface area contributed by atoms with Crippen molar-refractivity contribution in [2.24, 2.45) is 0 Å². The molecule has 1 atom stereocenters. The van der Waals surface area contributed by atoms with Crippen LogP contribution in [0.4, 0.5) is 4.39 Å². The van der Waals surface area contributed by atoms with E-state index in [9.17, 15) is 9.50 Å². The first-order valence-electron chi connectivity index (χ1n) is 8.19. The molecule has 27 heavy (non-hydrogen) atoms. The minimum absolute atomic E-state index is 0.283. The summed E-state index contributed by atoms with van der Waals surface area (Å²) in [6, 6.07) is 6.37. The fraction of sp³-hybridized carbons (Fsp3) is 0.167. The SMILES string of the molecule is CNC(O)c1cn(-c2n[nH]c3cnc(-c4c(F)cccc4OC)cc23)cn1. The van der Waals surface area contributed by atoms with Crippen molar-refractivity contribution < 1.29 is 14.2 Å². The summed E-state index contributed by atoms with van der Waals surface area (Å²) in [4.78, 5) is 8.51. The summed E-state index contributed by atoms with van der Waals surface area (Å²) in [6.07, 6.45) is 3.93. The number of aromatic amines is 1. The van der Waals surface area contributed by atoms with Crippen LogP contribution in [0.5, 0.6) is 5.75 Å². The van der Waals surface area contributed by atoms with E-state index in [2.05, 4.69) is 25.5 Å². The Kier molecular flexibility index (Phi) is 4.30. The molecular formula is C18H17FN6O2. The van der Waals surface area contributed by atoms with Gasteiger partial charge in [-0.15, -0.1) is 0 Å². The van der Waals surface area contributed by atoms with Crippen LogP contribution in [0.1, 0.15) is 11.9 Å². The number of imidazole rings is 1. The van der Waals surface area contributed by atoms with Crippen molar-refractivity contribution in [2.75, 3.05) is 14.2 Å². The Morgan fingerprint density at radius 3 is 2.96 bits per heavy atom. The molecule has 0 saturated carbocycles. The van der Waals surface area contributed by atoms with E-state index in [1.165, 1.54) is 13.2 Å². The highest BCUT2D eigenvalue weighted by Crippen LogP contribution is 2.33. The second-order valence-corrected chi connectivity index (χ2v) is 5.88. The van der Waals surface area contributed by atoms with E-state index in [-0.39, 0.29) is 5.56 Å². The van der Waals surface area contributed by atoms with Crippen molar-refractivity contribution in [1.82, 2.24) is 30.0 Å². The molecule has 0 radical (unpaired) electrons. The number of pyridine rings is 1. The lowest BCUT2D eigenvalue weighted by Gasteiger charge is -2.09. The summed E-state index contributed by atoms with van der Waals surface area (Å²) in [5.41, 5.74) is 1.86. The molecule has 0 aliphatic rings. The highest BCUT2D eigenvalue weighted by atomic mass is 19.1. The molecule has 9 heteroatoms. The minimum atomic E-state index is -0.878. The summed E-state index contributed by atoms with van der Waals surface area (Å²) in [6.45, 7) is 0. The molecule has 0 saturated heterocycles. The van der Waals surface area contributed by atoms with Gasteiger partial charge in [0.05, 0.1) is 30.1 Å². The summed E-state index contributed by atoms with van der Waals surface area (Å²) >= 11 is 0. The van der Waals surface area contributed by atoms with Gasteiger partial charge in [0.25, 0.3) is 0 Å². The fourth-order valence-electron chi connectivity index (χ4n) is 2.90. The molecule has 0 amide bonds. The molecule has 1 unspecified atom stereocenters. The Balaban J connectivity index is 1.84. The van der Waals surface area contributed by atoms with E-state index in [0.717, 1.165) is 5.39 Å². The molecule has 0 bridgehead atoms. The zero-order chi connectivity index (χ0) is 19.0. The Labute approximate surface area is 153 Å². The second kappa shape index (κ2) is 6.78. The van der Waals surface area contributed by atoms with Crippen LogP contribution >= 0.6 is 0 Å². The predicted octanol–water partition coefficient (Wildman–Crippen LogP) is 2.17. The summed E-state index contributed by atoms with van der Waals surface area (Å²) in [5, 5.41) is 20.5. The van der Waals surface area contributed by atoms with Gasteiger partial charge < -0.3 is 9.84 Å². The number of fused-ring (bicyclic) bond motifs is 1. The number of nitrogens with one attached hydrogen (secondary N) is 2. The number of nitrogens with zero attached hydrogens (tertiary/aromatic N) is 4. The number of methoxy groups -OCH3 is 1. The molecule has 3 heterocycles. The average Bonchev–Trinajstić information content (AvgIpc) is 3.33. The Hall–Kier alpha value is -3.30. The smallest absolute Gasteiger partial charge is 0.167 e. The van der Waals surface area contributed by atoms with Crippen LogP contribution in [-0.2, 0) is 0 Å². The zero-order valence-corrected chi connectivity index (χ0v) is 14.6. The van der Waals surface area contributed by atoms with Gasteiger partial charge in [0, 0.05) is 11.6 Å². The number of ether oxygens (including phenoxy) is 1. The second-order valence-electron chi connectivity index (χ2n) is 5.88. The first-order chi connectivity index (χ1) is 13.1. The highest BCUT2D eigenvalue weighted by Gasteiger charge is 2.17. The van der Waals surface area contributed by atoms with Crippen molar-refractivity contribution in [3.05, 3.63) is 54.5 Å². The summed E-state index contributed by atoms with van der Waals surface area (Å²) in [5.74, 6) is 0.535. The molecule has 4 rings (SSSR count). The topological polar surface area (TPSA) is 101 Å². The molecule has 0 aliphatic carbocycles. The zero-order valence-electron chi connectivity index (χ0n) is 14.6. The highest BCUT2D eigenvalue weighted by molar-refractivity contribution is 5.89. The van der Waals surface area contributed by atoms with E-state index in [1.807, 2.05) is 0 Å². The Bertz CT molecular complexity index is 1110. The van der Waals surface area contributed by atoms with Gasteiger partial charge >= 0.3 is 0 Å². The number of hydrogen-bond donors (Lipinski definition) is 3. The van der Waals surface area contributed by atoms with Crippen LogP contribution in [0.25, 0.3) is 28.0 Å². The number of rotatable bonds is 5. The van der Waals surface area contributed by atoms with Crippen LogP contribution in [0.2, 0.25) is 0 Å². The summed E-state index contributed by atoms with van der Waals surface area (Å²) < 4.78 is 21.4. The number of H-pyrrole nitrogens is 1. The van der Waals surface area contributed by atoms with E-state index in [0.29, 0.717) is 28.5 Å². The maximum atomic E-state index is 14.4. The predicted molar refractivity (Wildman–Crippen MR) is 97.0 cm³/mol. The van der Waals surface area contributed by atoms with Gasteiger partial charge in [0.1, 0.15) is 29.8 Å².